The van der Waals surface area contributed by atoms with E-state index < -0.39 is 0 Å². The van der Waals surface area contributed by atoms with E-state index in [2.05, 4.69) is 34.0 Å². The van der Waals surface area contributed by atoms with Crippen molar-refractivity contribution in [2.45, 2.75) is 58.3 Å². The van der Waals surface area contributed by atoms with Crippen LogP contribution in [0.4, 0.5) is 0 Å². The summed E-state index contributed by atoms with van der Waals surface area (Å²) in [4.78, 5) is 13.0. The number of rotatable bonds is 12. The van der Waals surface area contributed by atoms with E-state index in [0.717, 1.165) is 35.5 Å². The molecule has 0 unspecified atom stereocenters. The summed E-state index contributed by atoms with van der Waals surface area (Å²) in [5.74, 6) is 1.63. The first-order valence-electron chi connectivity index (χ1n) is 10.8. The summed E-state index contributed by atoms with van der Waals surface area (Å²) in [6.45, 7) is 3.05. The predicted molar refractivity (Wildman–Crippen MR) is 119 cm³/mol. The highest BCUT2D eigenvalue weighted by Gasteiger charge is 2.03. The van der Waals surface area contributed by atoms with Gasteiger partial charge in [-0.2, -0.15) is 0 Å². The van der Waals surface area contributed by atoms with Crippen LogP contribution in [0.25, 0.3) is 22.5 Å². The molecule has 0 radical (unpaired) electrons. The Balaban J connectivity index is 1.41. The fraction of sp³-hybridized carbons (Fsp3) is 0.400. The fourth-order valence-corrected chi connectivity index (χ4v) is 3.30. The highest BCUT2D eigenvalue weighted by atomic mass is 16.5. The summed E-state index contributed by atoms with van der Waals surface area (Å²) in [5.41, 5.74) is 3.05. The lowest BCUT2D eigenvalue weighted by molar-refractivity contribution is 0.304. The Bertz CT molecular complexity index is 817. The molecule has 0 fully saturated rings. The first kappa shape index (κ1) is 21.0. The molecule has 152 valence electrons. The lowest BCUT2D eigenvalue weighted by atomic mass is 10.1. The Morgan fingerprint density at radius 1 is 0.655 bits per heavy atom. The third-order valence-electron chi connectivity index (χ3n) is 5.04. The summed E-state index contributed by atoms with van der Waals surface area (Å²) in [5, 5.41) is 0. The minimum atomic E-state index is 0.710. The molecular weight excluding hydrogens is 358 g/mol. The molecule has 29 heavy (non-hydrogen) atoms. The zero-order valence-electron chi connectivity index (χ0n) is 17.4. The summed E-state index contributed by atoms with van der Waals surface area (Å²) in [7, 11) is 0. The molecule has 0 bridgehead atoms. The van der Waals surface area contributed by atoms with E-state index in [9.17, 15) is 0 Å². The van der Waals surface area contributed by atoms with Crippen molar-refractivity contribution in [2.75, 3.05) is 6.61 Å². The van der Waals surface area contributed by atoms with Crippen molar-refractivity contribution in [2.24, 2.45) is 0 Å². The standard InChI is InChI=1S/C25H31N3O/c1-2-3-4-5-6-7-8-9-18-29-24-12-10-21(11-13-24)23-19-27-25(28-20-23)22-14-16-26-17-15-22/h10-17,19-20H,2-9,18H2,1H3. The molecule has 0 spiro atoms. The maximum atomic E-state index is 5.88. The van der Waals surface area contributed by atoms with Crippen molar-refractivity contribution in [1.82, 2.24) is 15.0 Å². The lowest BCUT2D eigenvalue weighted by Gasteiger charge is -2.08. The second-order valence-electron chi connectivity index (χ2n) is 7.38. The van der Waals surface area contributed by atoms with Crippen LogP contribution in [-0.4, -0.2) is 21.6 Å². The molecule has 4 heteroatoms. The van der Waals surface area contributed by atoms with Gasteiger partial charge in [0.1, 0.15) is 5.75 Å². The number of unbranched alkanes of at least 4 members (excludes halogenated alkanes) is 7. The van der Waals surface area contributed by atoms with Gasteiger partial charge in [0, 0.05) is 35.9 Å². The van der Waals surface area contributed by atoms with Crippen LogP contribution >= 0.6 is 0 Å². The number of nitrogens with zero attached hydrogens (tertiary/aromatic N) is 3. The minimum absolute atomic E-state index is 0.710. The Hall–Kier alpha value is -2.75. The van der Waals surface area contributed by atoms with E-state index in [4.69, 9.17) is 4.74 Å². The summed E-state index contributed by atoms with van der Waals surface area (Å²) in [6, 6.07) is 12.0. The third kappa shape index (κ3) is 6.97. The summed E-state index contributed by atoms with van der Waals surface area (Å²) >= 11 is 0. The Labute approximate surface area is 174 Å². The molecular formula is C25H31N3O. The fourth-order valence-electron chi connectivity index (χ4n) is 3.30. The molecule has 3 rings (SSSR count). The molecule has 0 atom stereocenters. The van der Waals surface area contributed by atoms with Gasteiger partial charge < -0.3 is 4.74 Å². The molecule has 0 aliphatic heterocycles. The largest absolute Gasteiger partial charge is 0.494 e. The van der Waals surface area contributed by atoms with Gasteiger partial charge in [-0.05, 0) is 36.2 Å². The number of pyridine rings is 1. The highest BCUT2D eigenvalue weighted by Crippen LogP contribution is 2.23. The predicted octanol–water partition coefficient (Wildman–Crippen LogP) is 6.73. The van der Waals surface area contributed by atoms with E-state index in [1.54, 1.807) is 12.4 Å². The zero-order valence-corrected chi connectivity index (χ0v) is 17.4. The van der Waals surface area contributed by atoms with E-state index >= 15 is 0 Å². The summed E-state index contributed by atoms with van der Waals surface area (Å²) in [6.07, 6.45) is 17.7. The van der Waals surface area contributed by atoms with Crippen molar-refractivity contribution < 1.29 is 4.74 Å². The molecule has 0 amide bonds. The smallest absolute Gasteiger partial charge is 0.159 e. The molecule has 3 aromatic rings. The quantitative estimate of drug-likeness (QED) is 0.322. The average Bonchev–Trinajstić information content (AvgIpc) is 2.79. The van der Waals surface area contributed by atoms with Crippen molar-refractivity contribution in [3.63, 3.8) is 0 Å². The molecule has 2 heterocycles. The van der Waals surface area contributed by atoms with E-state index in [1.807, 2.05) is 36.7 Å². The number of benzene rings is 1. The second-order valence-corrected chi connectivity index (χ2v) is 7.38. The van der Waals surface area contributed by atoms with Crippen molar-refractivity contribution in [3.8, 4) is 28.3 Å². The molecule has 0 aliphatic rings. The molecule has 4 nitrogen and oxygen atoms in total. The summed E-state index contributed by atoms with van der Waals surface area (Å²) < 4.78 is 5.88. The Morgan fingerprint density at radius 2 is 1.28 bits per heavy atom. The van der Waals surface area contributed by atoms with Gasteiger partial charge in [-0.25, -0.2) is 9.97 Å². The average molecular weight is 390 g/mol. The molecule has 0 saturated carbocycles. The van der Waals surface area contributed by atoms with Crippen molar-refractivity contribution in [3.05, 3.63) is 61.2 Å². The normalized spacial score (nSPS) is 10.8. The molecule has 1 aromatic carbocycles. The van der Waals surface area contributed by atoms with Gasteiger partial charge in [-0.1, -0.05) is 64.0 Å². The van der Waals surface area contributed by atoms with Gasteiger partial charge in [0.15, 0.2) is 5.82 Å². The molecule has 0 aliphatic carbocycles. The Kier molecular flexibility index (Phi) is 8.64. The molecule has 0 N–H and O–H groups in total. The van der Waals surface area contributed by atoms with E-state index in [1.165, 1.54) is 44.9 Å². The van der Waals surface area contributed by atoms with Crippen LogP contribution in [-0.2, 0) is 0 Å². The van der Waals surface area contributed by atoms with Gasteiger partial charge in [0.25, 0.3) is 0 Å². The van der Waals surface area contributed by atoms with Crippen LogP contribution in [0.5, 0.6) is 5.75 Å². The van der Waals surface area contributed by atoms with Gasteiger partial charge in [-0.3, -0.25) is 4.98 Å². The van der Waals surface area contributed by atoms with Crippen molar-refractivity contribution in [1.29, 1.82) is 0 Å². The minimum Gasteiger partial charge on any atom is -0.494 e. The van der Waals surface area contributed by atoms with Crippen LogP contribution in [0.1, 0.15) is 58.3 Å². The first-order valence-corrected chi connectivity index (χ1v) is 10.8. The van der Waals surface area contributed by atoms with Crippen molar-refractivity contribution >= 4 is 0 Å². The van der Waals surface area contributed by atoms with E-state index in [-0.39, 0.29) is 0 Å². The maximum absolute atomic E-state index is 5.88. The maximum Gasteiger partial charge on any atom is 0.159 e. The second kappa shape index (κ2) is 11.9. The molecule has 2 aromatic heterocycles. The van der Waals surface area contributed by atoms with E-state index in [0.29, 0.717) is 5.82 Å². The lowest BCUT2D eigenvalue weighted by Crippen LogP contribution is -1.97. The van der Waals surface area contributed by atoms with Crippen LogP contribution in [0, 0.1) is 0 Å². The zero-order chi connectivity index (χ0) is 20.2. The number of hydrogen-bond acceptors (Lipinski definition) is 4. The van der Waals surface area contributed by atoms with Crippen LogP contribution in [0.3, 0.4) is 0 Å². The van der Waals surface area contributed by atoms with Crippen LogP contribution in [0.2, 0.25) is 0 Å². The van der Waals surface area contributed by atoms with Gasteiger partial charge in [0.05, 0.1) is 6.61 Å². The van der Waals surface area contributed by atoms with Gasteiger partial charge in [-0.15, -0.1) is 0 Å². The first-order chi connectivity index (χ1) is 14.4. The number of ether oxygens (including phenoxy) is 1. The third-order valence-corrected chi connectivity index (χ3v) is 5.04. The van der Waals surface area contributed by atoms with Gasteiger partial charge >= 0.3 is 0 Å². The van der Waals surface area contributed by atoms with Crippen LogP contribution in [0.15, 0.2) is 61.2 Å². The number of aromatic nitrogens is 3. The van der Waals surface area contributed by atoms with Gasteiger partial charge in [0.2, 0.25) is 0 Å². The monoisotopic (exact) mass is 389 g/mol. The molecule has 0 saturated heterocycles. The topological polar surface area (TPSA) is 47.9 Å². The SMILES string of the molecule is CCCCCCCCCCOc1ccc(-c2cnc(-c3ccncc3)nc2)cc1. The Morgan fingerprint density at radius 3 is 1.93 bits per heavy atom. The van der Waals surface area contributed by atoms with Crippen LogP contribution < -0.4 is 4.74 Å². The number of hydrogen-bond donors (Lipinski definition) is 0. The highest BCUT2D eigenvalue weighted by molar-refractivity contribution is 5.64.